The second kappa shape index (κ2) is 12.1. The highest BCUT2D eigenvalue weighted by atomic mass is 16.5. The summed E-state index contributed by atoms with van der Waals surface area (Å²) in [7, 11) is 0. The van der Waals surface area contributed by atoms with Gasteiger partial charge in [0.25, 0.3) is 0 Å². The van der Waals surface area contributed by atoms with Crippen LogP contribution in [-0.2, 0) is 20.9 Å². The van der Waals surface area contributed by atoms with Crippen molar-refractivity contribution >= 4 is 18.0 Å². The number of nitrogens with one attached hydrogen (secondary N) is 2. The highest BCUT2D eigenvalue weighted by molar-refractivity contribution is 5.91. The molecule has 1 fully saturated rings. The molecule has 1 aliphatic heterocycles. The number of hydrogen-bond acceptors (Lipinski definition) is 5. The third-order valence-corrected chi connectivity index (χ3v) is 8.32. The second-order valence-electron chi connectivity index (χ2n) is 11.4. The van der Waals surface area contributed by atoms with Crippen molar-refractivity contribution in [3.8, 4) is 11.1 Å². The van der Waals surface area contributed by atoms with E-state index in [2.05, 4.69) is 39.8 Å². The third-order valence-electron chi connectivity index (χ3n) is 8.32. The molecule has 0 saturated carbocycles. The average Bonchev–Trinajstić information content (AvgIpc) is 3.51. The number of likely N-dealkylation sites (tertiary alicyclic amines) is 1. The van der Waals surface area contributed by atoms with Crippen molar-refractivity contribution in [3.63, 3.8) is 0 Å². The van der Waals surface area contributed by atoms with Crippen LogP contribution >= 0.6 is 0 Å². The van der Waals surface area contributed by atoms with Crippen LogP contribution in [0.3, 0.4) is 0 Å². The van der Waals surface area contributed by atoms with Crippen LogP contribution in [0.4, 0.5) is 4.79 Å². The number of ether oxygens (including phenoxy) is 1. The van der Waals surface area contributed by atoms with E-state index in [0.717, 1.165) is 27.8 Å². The molecule has 3 aromatic carbocycles. The minimum atomic E-state index is -1.24. The van der Waals surface area contributed by atoms with Gasteiger partial charge in [0.1, 0.15) is 12.1 Å². The summed E-state index contributed by atoms with van der Waals surface area (Å²) >= 11 is 0. The van der Waals surface area contributed by atoms with Crippen LogP contribution in [0.5, 0.6) is 0 Å². The molecule has 1 aliphatic carbocycles. The van der Waals surface area contributed by atoms with Crippen LogP contribution < -0.4 is 10.6 Å². The maximum atomic E-state index is 13.6. The van der Waals surface area contributed by atoms with E-state index in [1.165, 1.54) is 0 Å². The molecule has 5 rings (SSSR count). The molecule has 41 heavy (non-hydrogen) atoms. The minimum Gasteiger partial charge on any atom is -0.481 e. The summed E-state index contributed by atoms with van der Waals surface area (Å²) in [5, 5.41) is 15.3. The summed E-state index contributed by atoms with van der Waals surface area (Å²) in [4.78, 5) is 40.8. The van der Waals surface area contributed by atoms with Gasteiger partial charge in [-0.2, -0.15) is 0 Å². The molecule has 2 amide bonds. The lowest BCUT2D eigenvalue weighted by Crippen LogP contribution is -2.61. The zero-order valence-electron chi connectivity index (χ0n) is 23.5. The average molecular weight is 556 g/mol. The topological polar surface area (TPSA) is 108 Å². The van der Waals surface area contributed by atoms with Crippen molar-refractivity contribution in [2.24, 2.45) is 11.8 Å². The Balaban J connectivity index is 1.30. The maximum Gasteiger partial charge on any atom is 0.408 e. The van der Waals surface area contributed by atoms with Crippen LogP contribution in [0.25, 0.3) is 11.1 Å². The van der Waals surface area contributed by atoms with Gasteiger partial charge in [-0.3, -0.25) is 14.5 Å². The molecule has 0 bridgehead atoms. The first-order valence-electron chi connectivity index (χ1n) is 14.2. The Morgan fingerprint density at radius 3 is 2.17 bits per heavy atom. The van der Waals surface area contributed by atoms with E-state index in [0.29, 0.717) is 19.5 Å². The van der Waals surface area contributed by atoms with Crippen molar-refractivity contribution in [1.29, 1.82) is 0 Å². The molecular formula is C33H37N3O5. The first-order valence-corrected chi connectivity index (χ1v) is 14.2. The highest BCUT2D eigenvalue weighted by Crippen LogP contribution is 2.44. The maximum absolute atomic E-state index is 13.6. The van der Waals surface area contributed by atoms with Crippen LogP contribution in [0.1, 0.15) is 42.9 Å². The Kier molecular flexibility index (Phi) is 8.40. The van der Waals surface area contributed by atoms with Gasteiger partial charge < -0.3 is 20.5 Å². The zero-order chi connectivity index (χ0) is 29.0. The molecule has 3 N–H and O–H groups in total. The monoisotopic (exact) mass is 555 g/mol. The fraction of sp³-hybridized carbons (Fsp3) is 0.364. The second-order valence-corrected chi connectivity index (χ2v) is 11.4. The van der Waals surface area contributed by atoms with Crippen LogP contribution in [0.15, 0.2) is 78.9 Å². The quantitative estimate of drug-likeness (QED) is 0.336. The zero-order valence-corrected chi connectivity index (χ0v) is 23.5. The van der Waals surface area contributed by atoms with Crippen LogP contribution in [0.2, 0.25) is 0 Å². The number of carbonyl (C=O) groups excluding carboxylic acids is 2. The molecule has 2 aliphatic rings. The van der Waals surface area contributed by atoms with E-state index in [4.69, 9.17) is 4.74 Å². The van der Waals surface area contributed by atoms with E-state index in [-0.39, 0.29) is 31.5 Å². The summed E-state index contributed by atoms with van der Waals surface area (Å²) in [5.74, 6) is -2.34. The molecule has 2 atom stereocenters. The number of carbonyl (C=O) groups is 3. The fourth-order valence-corrected chi connectivity index (χ4v) is 6.02. The SMILES string of the molecule is CC(C)C(CNC(=O)C1(NC(=O)OCC2c3ccccc3-c3ccccc32)CCN(Cc2ccccc2)C1)C(=O)O. The van der Waals surface area contributed by atoms with Gasteiger partial charge in [-0.1, -0.05) is 92.7 Å². The number of benzene rings is 3. The number of rotatable bonds is 10. The predicted octanol–water partition coefficient (Wildman–Crippen LogP) is 4.64. The Morgan fingerprint density at radius 1 is 0.951 bits per heavy atom. The summed E-state index contributed by atoms with van der Waals surface area (Å²) in [6, 6.07) is 26.2. The van der Waals surface area contributed by atoms with Gasteiger partial charge in [0.2, 0.25) is 5.91 Å². The Morgan fingerprint density at radius 2 is 1.56 bits per heavy atom. The lowest BCUT2D eigenvalue weighted by Gasteiger charge is -2.30. The van der Waals surface area contributed by atoms with Gasteiger partial charge in [-0.05, 0) is 40.2 Å². The van der Waals surface area contributed by atoms with Gasteiger partial charge in [0, 0.05) is 32.1 Å². The Hall–Kier alpha value is -4.17. The first kappa shape index (κ1) is 28.4. The van der Waals surface area contributed by atoms with Gasteiger partial charge >= 0.3 is 12.1 Å². The smallest absolute Gasteiger partial charge is 0.408 e. The molecule has 0 spiro atoms. The van der Waals surface area contributed by atoms with E-state index < -0.39 is 29.4 Å². The summed E-state index contributed by atoms with van der Waals surface area (Å²) in [5.41, 5.74) is 4.36. The van der Waals surface area contributed by atoms with E-state index in [9.17, 15) is 19.5 Å². The number of carboxylic acids is 1. The summed E-state index contributed by atoms with van der Waals surface area (Å²) in [6.45, 7) is 5.26. The standard InChI is InChI=1S/C33H37N3O5/c1-22(2)28(30(37)38)18-34-31(39)33(16-17-36(21-33)19-23-10-4-3-5-11-23)35-32(40)41-20-29-26-14-8-6-12-24(26)25-13-7-9-15-27(25)29/h3-15,22,28-29H,16-21H2,1-2H3,(H,34,39)(H,35,40)(H,37,38). The molecular weight excluding hydrogens is 518 g/mol. The largest absolute Gasteiger partial charge is 0.481 e. The molecule has 3 aromatic rings. The highest BCUT2D eigenvalue weighted by Gasteiger charge is 2.46. The predicted molar refractivity (Wildman–Crippen MR) is 156 cm³/mol. The van der Waals surface area contributed by atoms with Crippen molar-refractivity contribution < 1.29 is 24.2 Å². The van der Waals surface area contributed by atoms with E-state index in [1.54, 1.807) is 0 Å². The molecule has 1 saturated heterocycles. The Labute approximate surface area is 240 Å². The first-order chi connectivity index (χ1) is 19.8. The van der Waals surface area contributed by atoms with Gasteiger partial charge in [-0.25, -0.2) is 4.79 Å². The number of nitrogens with zero attached hydrogens (tertiary/aromatic N) is 1. The molecule has 0 radical (unpaired) electrons. The van der Waals surface area contributed by atoms with Crippen molar-refractivity contribution in [2.45, 2.75) is 38.3 Å². The van der Waals surface area contributed by atoms with Crippen LogP contribution in [-0.4, -0.2) is 59.8 Å². The number of fused-ring (bicyclic) bond motifs is 3. The van der Waals surface area contributed by atoms with Crippen molar-refractivity contribution in [2.75, 3.05) is 26.2 Å². The number of alkyl carbamates (subject to hydrolysis) is 1. The van der Waals surface area contributed by atoms with Crippen molar-refractivity contribution in [3.05, 3.63) is 95.6 Å². The number of carboxylic acid groups (broad SMARTS) is 1. The molecule has 214 valence electrons. The summed E-state index contributed by atoms with van der Waals surface area (Å²) in [6.07, 6.45) is -0.280. The lowest BCUT2D eigenvalue weighted by atomic mass is 9.94. The van der Waals surface area contributed by atoms with E-state index >= 15 is 0 Å². The van der Waals surface area contributed by atoms with E-state index in [1.807, 2.05) is 68.4 Å². The molecule has 8 nitrogen and oxygen atoms in total. The third kappa shape index (κ3) is 6.12. The number of hydrogen-bond donors (Lipinski definition) is 3. The molecule has 2 unspecified atom stereocenters. The minimum absolute atomic E-state index is 0.0152. The van der Waals surface area contributed by atoms with Gasteiger partial charge in [-0.15, -0.1) is 0 Å². The molecule has 1 heterocycles. The number of aliphatic carboxylic acids is 1. The Bertz CT molecular complexity index is 1360. The number of amides is 2. The van der Waals surface area contributed by atoms with Gasteiger partial charge in [0.05, 0.1) is 5.92 Å². The lowest BCUT2D eigenvalue weighted by molar-refractivity contribution is -0.143. The molecule has 0 aromatic heterocycles. The fourth-order valence-electron chi connectivity index (χ4n) is 6.02. The van der Waals surface area contributed by atoms with Gasteiger partial charge in [0.15, 0.2) is 0 Å². The van der Waals surface area contributed by atoms with Crippen LogP contribution in [0, 0.1) is 11.8 Å². The van der Waals surface area contributed by atoms with Crippen molar-refractivity contribution in [1.82, 2.24) is 15.5 Å². The normalized spacial score (nSPS) is 18.9. The summed E-state index contributed by atoms with van der Waals surface area (Å²) < 4.78 is 5.79. The molecule has 8 heteroatoms.